The van der Waals surface area contributed by atoms with E-state index < -0.39 is 17.1 Å². The Bertz CT molecular complexity index is 872. The maximum absolute atomic E-state index is 11.5. The van der Waals surface area contributed by atoms with Crippen molar-refractivity contribution in [2.24, 2.45) is 0 Å². The first kappa shape index (κ1) is 15.6. The van der Waals surface area contributed by atoms with Gasteiger partial charge < -0.3 is 10.1 Å². The molecule has 8 heteroatoms. The molecule has 116 valence electrons. The highest BCUT2D eigenvalue weighted by Gasteiger charge is 2.25. The third-order valence-electron chi connectivity index (χ3n) is 3.14. The number of carboxylic acids is 1. The molecule has 2 amide bonds. The highest BCUT2D eigenvalue weighted by Crippen LogP contribution is 2.28. The normalized spacial score (nSPS) is 16.0. The van der Waals surface area contributed by atoms with E-state index in [2.05, 4.69) is 26.2 Å². The number of carbonyl (C=O) groups excluding carboxylic acids is 2. The molecule has 0 atom stereocenters. The minimum Gasteiger partial charge on any atom is -0.478 e. The molecule has 0 spiro atoms. The van der Waals surface area contributed by atoms with Crippen molar-refractivity contribution < 1.29 is 19.5 Å². The Kier molecular flexibility index (Phi) is 4.10. The standard InChI is InChI=1S/C15H9BrN2O4S/c16-10-3-1-7(5-9(10)14(20)21)11-4-2-8(17-11)6-12-13(19)18-15(22)23-12/h1-6,17H,(H,20,21)(H,18,19,22)/b12-6-. The van der Waals surface area contributed by atoms with Gasteiger partial charge in [-0.2, -0.15) is 0 Å². The first-order valence-corrected chi connectivity index (χ1v) is 8.02. The van der Waals surface area contributed by atoms with Gasteiger partial charge in [-0.1, -0.05) is 6.07 Å². The van der Waals surface area contributed by atoms with E-state index in [1.165, 1.54) is 0 Å². The molecule has 0 unspecified atom stereocenters. The van der Waals surface area contributed by atoms with Crippen LogP contribution in [0.4, 0.5) is 4.79 Å². The average molecular weight is 393 g/mol. The lowest BCUT2D eigenvalue weighted by Gasteiger charge is -2.03. The quantitative estimate of drug-likeness (QED) is 0.694. The Balaban J connectivity index is 1.92. The number of amides is 2. The van der Waals surface area contributed by atoms with Crippen LogP contribution >= 0.6 is 27.7 Å². The first-order valence-electron chi connectivity index (χ1n) is 6.41. The molecule has 1 aromatic carbocycles. The van der Waals surface area contributed by atoms with E-state index in [9.17, 15) is 14.4 Å². The molecule has 1 saturated heterocycles. The fourth-order valence-electron chi connectivity index (χ4n) is 2.08. The fraction of sp³-hybridized carbons (Fsp3) is 0. The van der Waals surface area contributed by atoms with Gasteiger partial charge in [-0.15, -0.1) is 0 Å². The van der Waals surface area contributed by atoms with Gasteiger partial charge >= 0.3 is 5.97 Å². The minimum absolute atomic E-state index is 0.160. The van der Waals surface area contributed by atoms with Gasteiger partial charge in [0.15, 0.2) is 0 Å². The summed E-state index contributed by atoms with van der Waals surface area (Å²) in [6.45, 7) is 0. The van der Waals surface area contributed by atoms with Gasteiger partial charge in [0.1, 0.15) is 0 Å². The third kappa shape index (κ3) is 3.22. The largest absolute Gasteiger partial charge is 0.478 e. The summed E-state index contributed by atoms with van der Waals surface area (Å²) in [5.74, 6) is -1.45. The van der Waals surface area contributed by atoms with Crippen LogP contribution in [0.1, 0.15) is 16.1 Å². The van der Waals surface area contributed by atoms with Gasteiger partial charge in [-0.05, 0) is 63.6 Å². The van der Waals surface area contributed by atoms with Crippen molar-refractivity contribution in [1.82, 2.24) is 10.3 Å². The summed E-state index contributed by atoms with van der Waals surface area (Å²) in [6.07, 6.45) is 1.57. The molecular formula is C15H9BrN2O4S. The number of H-pyrrole nitrogens is 1. The molecule has 0 saturated carbocycles. The van der Waals surface area contributed by atoms with Gasteiger partial charge in [0, 0.05) is 15.9 Å². The van der Waals surface area contributed by atoms with Crippen LogP contribution < -0.4 is 5.32 Å². The van der Waals surface area contributed by atoms with Crippen molar-refractivity contribution in [3.63, 3.8) is 0 Å². The highest BCUT2D eigenvalue weighted by atomic mass is 79.9. The van der Waals surface area contributed by atoms with E-state index in [1.807, 2.05) is 0 Å². The lowest BCUT2D eigenvalue weighted by molar-refractivity contribution is -0.115. The molecule has 3 N–H and O–H groups in total. The van der Waals surface area contributed by atoms with E-state index in [1.54, 1.807) is 36.4 Å². The molecule has 0 bridgehead atoms. The number of aromatic carboxylic acids is 1. The van der Waals surface area contributed by atoms with Gasteiger partial charge in [0.25, 0.3) is 11.1 Å². The van der Waals surface area contributed by atoms with Crippen LogP contribution in [-0.2, 0) is 4.79 Å². The van der Waals surface area contributed by atoms with Gasteiger partial charge in [0.05, 0.1) is 10.5 Å². The Labute approximate surface area is 143 Å². The monoisotopic (exact) mass is 392 g/mol. The number of rotatable bonds is 3. The number of thioether (sulfide) groups is 1. The predicted octanol–water partition coefficient (Wildman–Crippen LogP) is 3.47. The summed E-state index contributed by atoms with van der Waals surface area (Å²) in [5, 5.41) is 10.9. The summed E-state index contributed by atoms with van der Waals surface area (Å²) in [4.78, 5) is 37.2. The number of benzene rings is 1. The molecular weight excluding hydrogens is 384 g/mol. The summed E-state index contributed by atoms with van der Waals surface area (Å²) >= 11 is 4.04. The second-order valence-electron chi connectivity index (χ2n) is 4.68. The van der Waals surface area contributed by atoms with Crippen LogP contribution in [0.15, 0.2) is 39.7 Å². The molecule has 2 aromatic rings. The maximum atomic E-state index is 11.5. The summed E-state index contributed by atoms with van der Waals surface area (Å²) in [5.41, 5.74) is 2.22. The van der Waals surface area contributed by atoms with E-state index >= 15 is 0 Å². The van der Waals surface area contributed by atoms with E-state index in [4.69, 9.17) is 5.11 Å². The third-order valence-corrected chi connectivity index (χ3v) is 4.65. The molecule has 3 rings (SSSR count). The number of carbonyl (C=O) groups is 3. The zero-order valence-electron chi connectivity index (χ0n) is 11.4. The van der Waals surface area contributed by atoms with Crippen molar-refractivity contribution in [2.75, 3.05) is 0 Å². The van der Waals surface area contributed by atoms with Crippen LogP contribution in [0.3, 0.4) is 0 Å². The predicted molar refractivity (Wildman–Crippen MR) is 90.0 cm³/mol. The Morgan fingerprint density at radius 3 is 2.65 bits per heavy atom. The number of aromatic amines is 1. The van der Waals surface area contributed by atoms with E-state index in [-0.39, 0.29) is 5.56 Å². The average Bonchev–Trinajstić information content (AvgIpc) is 3.06. The number of hydrogen-bond donors (Lipinski definition) is 3. The zero-order chi connectivity index (χ0) is 16.6. The fourth-order valence-corrected chi connectivity index (χ4v) is 3.17. The van der Waals surface area contributed by atoms with Crippen LogP contribution in [0.5, 0.6) is 0 Å². The Morgan fingerprint density at radius 1 is 1.22 bits per heavy atom. The van der Waals surface area contributed by atoms with Crippen molar-refractivity contribution in [3.05, 3.63) is 51.0 Å². The second kappa shape index (κ2) is 6.05. The molecule has 6 nitrogen and oxygen atoms in total. The zero-order valence-corrected chi connectivity index (χ0v) is 13.8. The molecule has 1 fully saturated rings. The smallest absolute Gasteiger partial charge is 0.336 e. The van der Waals surface area contributed by atoms with Crippen LogP contribution in [-0.4, -0.2) is 27.2 Å². The molecule has 0 aliphatic carbocycles. The number of aromatic nitrogens is 1. The van der Waals surface area contributed by atoms with Crippen molar-refractivity contribution >= 4 is 50.9 Å². The van der Waals surface area contributed by atoms with E-state index in [0.29, 0.717) is 26.3 Å². The molecule has 23 heavy (non-hydrogen) atoms. The lowest BCUT2D eigenvalue weighted by atomic mass is 10.1. The molecule has 2 heterocycles. The SMILES string of the molecule is O=C1NC(=O)/C(=C/c2ccc(-c3ccc(Br)c(C(=O)O)c3)[nH]2)S1. The molecule has 1 aromatic heterocycles. The Hall–Kier alpha value is -2.32. The summed E-state index contributed by atoms with van der Waals surface area (Å²) in [6, 6.07) is 8.52. The summed E-state index contributed by atoms with van der Waals surface area (Å²) < 4.78 is 0.500. The first-order chi connectivity index (χ1) is 10.9. The second-order valence-corrected chi connectivity index (χ2v) is 6.55. The number of hydrogen-bond acceptors (Lipinski definition) is 4. The maximum Gasteiger partial charge on any atom is 0.336 e. The van der Waals surface area contributed by atoms with Gasteiger partial charge in [-0.25, -0.2) is 4.79 Å². The Morgan fingerprint density at radius 2 is 2.00 bits per heavy atom. The minimum atomic E-state index is -1.02. The molecule has 1 aliphatic rings. The number of imide groups is 1. The van der Waals surface area contributed by atoms with Crippen LogP contribution in [0.2, 0.25) is 0 Å². The summed E-state index contributed by atoms with van der Waals surface area (Å²) in [7, 11) is 0. The molecule has 0 radical (unpaired) electrons. The number of carboxylic acid groups (broad SMARTS) is 1. The van der Waals surface area contributed by atoms with Crippen molar-refractivity contribution in [2.45, 2.75) is 0 Å². The topological polar surface area (TPSA) is 99.3 Å². The van der Waals surface area contributed by atoms with Crippen LogP contribution in [0, 0.1) is 0 Å². The molecule has 1 aliphatic heterocycles. The number of halogens is 1. The lowest BCUT2D eigenvalue weighted by Crippen LogP contribution is -2.17. The van der Waals surface area contributed by atoms with Gasteiger partial charge in [0.2, 0.25) is 0 Å². The van der Waals surface area contributed by atoms with Crippen molar-refractivity contribution in [3.8, 4) is 11.3 Å². The highest BCUT2D eigenvalue weighted by molar-refractivity contribution is 9.10. The van der Waals surface area contributed by atoms with Crippen LogP contribution in [0.25, 0.3) is 17.3 Å². The number of nitrogens with one attached hydrogen (secondary N) is 2. The van der Waals surface area contributed by atoms with Gasteiger partial charge in [-0.3, -0.25) is 14.9 Å². The van der Waals surface area contributed by atoms with Crippen molar-refractivity contribution in [1.29, 1.82) is 0 Å². The van der Waals surface area contributed by atoms with E-state index in [0.717, 1.165) is 11.8 Å².